The van der Waals surface area contributed by atoms with Gasteiger partial charge in [-0.15, -0.1) is 0 Å². The van der Waals surface area contributed by atoms with Gasteiger partial charge in [-0.1, -0.05) is 11.6 Å². The van der Waals surface area contributed by atoms with E-state index in [1.54, 1.807) is 0 Å². The van der Waals surface area contributed by atoms with Crippen molar-refractivity contribution in [3.05, 3.63) is 29.3 Å². The zero-order valence-corrected chi connectivity index (χ0v) is 9.76. The number of nitrogens with one attached hydrogen (secondary N) is 2. The van der Waals surface area contributed by atoms with Crippen molar-refractivity contribution in [1.29, 1.82) is 0 Å². The number of hydrogen-bond acceptors (Lipinski definition) is 2. The topological polar surface area (TPSA) is 41.1 Å². The molecule has 0 bridgehead atoms. The summed E-state index contributed by atoms with van der Waals surface area (Å²) >= 11 is 5.81. The van der Waals surface area contributed by atoms with E-state index in [1.165, 1.54) is 0 Å². The molecule has 1 saturated heterocycles. The van der Waals surface area contributed by atoms with Crippen molar-refractivity contribution in [2.24, 2.45) is 0 Å². The summed E-state index contributed by atoms with van der Waals surface area (Å²) in [4.78, 5) is 11.4. The monoisotopic (exact) mass is 238 g/mol. The van der Waals surface area contributed by atoms with Gasteiger partial charge in [0, 0.05) is 29.7 Å². The average molecular weight is 239 g/mol. The van der Waals surface area contributed by atoms with Gasteiger partial charge in [0.15, 0.2) is 0 Å². The molecule has 86 valence electrons. The molecule has 0 saturated carbocycles. The molecule has 0 aliphatic carbocycles. The fourth-order valence-electron chi connectivity index (χ4n) is 1.88. The van der Waals surface area contributed by atoms with Gasteiger partial charge in [-0.25, -0.2) is 0 Å². The average Bonchev–Trinajstić information content (AvgIpc) is 2.46. The molecule has 0 spiro atoms. The van der Waals surface area contributed by atoms with Crippen LogP contribution in [0.5, 0.6) is 0 Å². The standard InChI is InChI=1S/C12H15ClN2O/c13-9-3-5-10(6-4-9)15-11-2-1-7-14-12(16)8-11/h3-6,11,15H,1-2,7-8H2,(H,14,16). The van der Waals surface area contributed by atoms with E-state index in [2.05, 4.69) is 10.6 Å². The van der Waals surface area contributed by atoms with E-state index < -0.39 is 0 Å². The van der Waals surface area contributed by atoms with Crippen LogP contribution in [0, 0.1) is 0 Å². The molecule has 0 radical (unpaired) electrons. The van der Waals surface area contributed by atoms with Crippen molar-refractivity contribution in [3.8, 4) is 0 Å². The van der Waals surface area contributed by atoms with Gasteiger partial charge in [0.2, 0.25) is 5.91 Å². The van der Waals surface area contributed by atoms with Gasteiger partial charge >= 0.3 is 0 Å². The number of halogens is 1. The SMILES string of the molecule is O=C1CC(Nc2ccc(Cl)cc2)CCCN1. The van der Waals surface area contributed by atoms with Gasteiger partial charge in [-0.05, 0) is 37.1 Å². The predicted molar refractivity (Wildman–Crippen MR) is 65.7 cm³/mol. The normalized spacial score (nSPS) is 21.1. The Balaban J connectivity index is 1.97. The van der Waals surface area contributed by atoms with Crippen LogP contribution in [0.3, 0.4) is 0 Å². The Morgan fingerprint density at radius 2 is 2.06 bits per heavy atom. The highest BCUT2D eigenvalue weighted by Crippen LogP contribution is 2.17. The molecular formula is C12H15ClN2O. The van der Waals surface area contributed by atoms with Crippen molar-refractivity contribution in [3.63, 3.8) is 0 Å². The molecule has 1 heterocycles. The molecule has 2 rings (SSSR count). The van der Waals surface area contributed by atoms with Gasteiger partial charge in [0.1, 0.15) is 0 Å². The van der Waals surface area contributed by atoms with Crippen LogP contribution in [0.15, 0.2) is 24.3 Å². The fourth-order valence-corrected chi connectivity index (χ4v) is 2.01. The highest BCUT2D eigenvalue weighted by atomic mass is 35.5. The van der Waals surface area contributed by atoms with Gasteiger partial charge in [-0.3, -0.25) is 4.79 Å². The minimum Gasteiger partial charge on any atom is -0.382 e. The summed E-state index contributed by atoms with van der Waals surface area (Å²) in [7, 11) is 0. The predicted octanol–water partition coefficient (Wildman–Crippen LogP) is 2.42. The Morgan fingerprint density at radius 3 is 2.81 bits per heavy atom. The maximum atomic E-state index is 11.4. The third-order valence-electron chi connectivity index (χ3n) is 2.70. The third kappa shape index (κ3) is 3.14. The molecule has 16 heavy (non-hydrogen) atoms. The second kappa shape index (κ2) is 5.21. The Kier molecular flexibility index (Phi) is 3.67. The molecule has 1 aliphatic rings. The van der Waals surface area contributed by atoms with E-state index in [4.69, 9.17) is 11.6 Å². The number of carbonyl (C=O) groups excluding carboxylic acids is 1. The van der Waals surface area contributed by atoms with Crippen molar-refractivity contribution in [1.82, 2.24) is 5.32 Å². The Hall–Kier alpha value is -1.22. The number of carbonyl (C=O) groups is 1. The Labute approximate surface area is 100 Å². The van der Waals surface area contributed by atoms with Gasteiger partial charge in [-0.2, -0.15) is 0 Å². The summed E-state index contributed by atoms with van der Waals surface area (Å²) in [6, 6.07) is 7.79. The van der Waals surface area contributed by atoms with Crippen LogP contribution >= 0.6 is 11.6 Å². The molecule has 1 unspecified atom stereocenters. The lowest BCUT2D eigenvalue weighted by molar-refractivity contribution is -0.120. The second-order valence-corrected chi connectivity index (χ2v) is 4.48. The zero-order valence-electron chi connectivity index (χ0n) is 9.00. The smallest absolute Gasteiger partial charge is 0.222 e. The second-order valence-electron chi connectivity index (χ2n) is 4.04. The summed E-state index contributed by atoms with van der Waals surface area (Å²) in [5.41, 5.74) is 1.02. The highest BCUT2D eigenvalue weighted by Gasteiger charge is 2.16. The minimum atomic E-state index is 0.129. The number of benzene rings is 1. The molecule has 0 aromatic heterocycles. The highest BCUT2D eigenvalue weighted by molar-refractivity contribution is 6.30. The van der Waals surface area contributed by atoms with Crippen LogP contribution in [0.1, 0.15) is 19.3 Å². The molecule has 1 fully saturated rings. The maximum Gasteiger partial charge on any atom is 0.222 e. The van der Waals surface area contributed by atoms with Gasteiger partial charge < -0.3 is 10.6 Å². The summed E-state index contributed by atoms with van der Waals surface area (Å²) < 4.78 is 0. The Bertz CT molecular complexity index is 364. The first-order chi connectivity index (χ1) is 7.74. The number of amides is 1. The number of rotatable bonds is 2. The lowest BCUT2D eigenvalue weighted by Gasteiger charge is -2.16. The van der Waals surface area contributed by atoms with Crippen molar-refractivity contribution >= 4 is 23.2 Å². The van der Waals surface area contributed by atoms with Gasteiger partial charge in [0.25, 0.3) is 0 Å². The molecular weight excluding hydrogens is 224 g/mol. The summed E-state index contributed by atoms with van der Waals surface area (Å²) in [6.45, 7) is 0.789. The largest absolute Gasteiger partial charge is 0.382 e. The van der Waals surface area contributed by atoms with E-state index in [0.29, 0.717) is 6.42 Å². The Morgan fingerprint density at radius 1 is 1.31 bits per heavy atom. The van der Waals surface area contributed by atoms with E-state index in [-0.39, 0.29) is 11.9 Å². The first kappa shape index (κ1) is 11.3. The number of anilines is 1. The summed E-state index contributed by atoms with van der Waals surface area (Å²) in [6.07, 6.45) is 2.58. The lowest BCUT2D eigenvalue weighted by Crippen LogP contribution is -2.26. The van der Waals surface area contributed by atoms with Crippen LogP contribution in [-0.2, 0) is 4.79 Å². The molecule has 3 nitrogen and oxygen atoms in total. The maximum absolute atomic E-state index is 11.4. The minimum absolute atomic E-state index is 0.129. The first-order valence-electron chi connectivity index (χ1n) is 5.53. The van der Waals surface area contributed by atoms with Crippen molar-refractivity contribution in [2.75, 3.05) is 11.9 Å². The van der Waals surface area contributed by atoms with Crippen LogP contribution in [-0.4, -0.2) is 18.5 Å². The molecule has 2 N–H and O–H groups in total. The van der Waals surface area contributed by atoms with Crippen LogP contribution in [0.2, 0.25) is 5.02 Å². The van der Waals surface area contributed by atoms with Crippen molar-refractivity contribution < 1.29 is 4.79 Å². The molecule has 1 atom stereocenters. The molecule has 4 heteroatoms. The molecule has 1 aromatic carbocycles. The van der Waals surface area contributed by atoms with Crippen LogP contribution < -0.4 is 10.6 Å². The quantitative estimate of drug-likeness (QED) is 0.831. The van der Waals surface area contributed by atoms with E-state index in [9.17, 15) is 4.79 Å². The fraction of sp³-hybridized carbons (Fsp3) is 0.417. The lowest BCUT2D eigenvalue weighted by atomic mass is 10.1. The number of hydrogen-bond donors (Lipinski definition) is 2. The van der Waals surface area contributed by atoms with E-state index in [1.807, 2.05) is 24.3 Å². The summed E-state index contributed by atoms with van der Waals surface area (Å²) in [5, 5.41) is 6.95. The molecule has 1 aliphatic heterocycles. The summed E-state index contributed by atoms with van der Waals surface area (Å²) in [5.74, 6) is 0.129. The first-order valence-corrected chi connectivity index (χ1v) is 5.90. The van der Waals surface area contributed by atoms with Crippen molar-refractivity contribution in [2.45, 2.75) is 25.3 Å². The molecule has 1 amide bonds. The zero-order chi connectivity index (χ0) is 11.4. The van der Waals surface area contributed by atoms with Crippen LogP contribution in [0.4, 0.5) is 5.69 Å². The third-order valence-corrected chi connectivity index (χ3v) is 2.95. The van der Waals surface area contributed by atoms with E-state index in [0.717, 1.165) is 30.1 Å². The van der Waals surface area contributed by atoms with Gasteiger partial charge in [0.05, 0.1) is 0 Å². The molecule has 1 aromatic rings. The van der Waals surface area contributed by atoms with Crippen LogP contribution in [0.25, 0.3) is 0 Å². The van der Waals surface area contributed by atoms with E-state index >= 15 is 0 Å².